The van der Waals surface area contributed by atoms with Crippen LogP contribution >= 0.6 is 0 Å². The lowest BCUT2D eigenvalue weighted by atomic mass is 10.1. The zero-order valence-corrected chi connectivity index (χ0v) is 10.9. The molecular weight excluding hydrogens is 258 g/mol. The van der Waals surface area contributed by atoms with E-state index in [-0.39, 0.29) is 12.3 Å². The molecule has 1 aromatic rings. The van der Waals surface area contributed by atoms with Crippen molar-refractivity contribution in [1.82, 2.24) is 4.98 Å². The van der Waals surface area contributed by atoms with E-state index in [1.54, 1.807) is 19.5 Å². The summed E-state index contributed by atoms with van der Waals surface area (Å²) in [5, 5.41) is 0. The first-order valence-electron chi connectivity index (χ1n) is 5.21. The molecule has 0 aliphatic rings. The molecule has 0 bridgehead atoms. The van der Waals surface area contributed by atoms with Crippen molar-refractivity contribution in [2.45, 2.75) is 19.8 Å². The summed E-state index contributed by atoms with van der Waals surface area (Å²) in [7, 11) is -3.45. The molecule has 0 atom stereocenters. The molecule has 1 heterocycles. The van der Waals surface area contributed by atoms with E-state index in [4.69, 9.17) is 0 Å². The van der Waals surface area contributed by atoms with Crippen molar-refractivity contribution >= 4 is 22.7 Å². The molecule has 0 spiro atoms. The average molecular weight is 271 g/mol. The van der Waals surface area contributed by atoms with E-state index in [1.807, 2.05) is 0 Å². The Morgan fingerprint density at radius 1 is 1.28 bits per heavy atom. The van der Waals surface area contributed by atoms with E-state index < -0.39 is 10.1 Å². The zero-order valence-electron chi connectivity index (χ0n) is 10.1. The number of nitrogens with one attached hydrogen (secondary N) is 1. The van der Waals surface area contributed by atoms with Gasteiger partial charge in [-0.1, -0.05) is 0 Å². The molecule has 0 fully saturated rings. The van der Waals surface area contributed by atoms with Crippen molar-refractivity contribution < 1.29 is 22.2 Å². The molecule has 0 unspecified atom stereocenters. The minimum absolute atomic E-state index is 0.0231. The Balaban J connectivity index is 2.68. The summed E-state index contributed by atoms with van der Waals surface area (Å²) in [4.78, 5) is 24.1. The maximum Gasteiger partial charge on any atom is 0.264 e. The highest BCUT2D eigenvalue weighted by atomic mass is 32.2. The van der Waals surface area contributed by atoms with Gasteiger partial charge in [0.1, 0.15) is 0 Å². The SMILES string of the molecule is Cc1c([C]=O)[nH]c(CCCOS(C)(=O)=O)c1[C]=O. The van der Waals surface area contributed by atoms with Crippen LogP contribution in [0.3, 0.4) is 0 Å². The van der Waals surface area contributed by atoms with Crippen LogP contribution in [0, 0.1) is 6.92 Å². The van der Waals surface area contributed by atoms with E-state index in [1.165, 1.54) is 0 Å². The molecule has 7 heteroatoms. The van der Waals surface area contributed by atoms with Gasteiger partial charge < -0.3 is 4.98 Å². The Kier molecular flexibility index (Phi) is 4.80. The summed E-state index contributed by atoms with van der Waals surface area (Å²) in [5.41, 5.74) is 1.55. The molecule has 0 saturated heterocycles. The molecule has 0 saturated carbocycles. The van der Waals surface area contributed by atoms with Gasteiger partial charge in [-0.15, -0.1) is 0 Å². The first-order chi connectivity index (χ1) is 8.39. The van der Waals surface area contributed by atoms with E-state index >= 15 is 0 Å². The molecule has 1 aromatic heterocycles. The lowest BCUT2D eigenvalue weighted by Gasteiger charge is -2.01. The third-order valence-corrected chi connectivity index (χ3v) is 3.00. The Morgan fingerprint density at radius 3 is 2.44 bits per heavy atom. The summed E-state index contributed by atoms with van der Waals surface area (Å²) < 4.78 is 26.0. The molecule has 6 nitrogen and oxygen atoms in total. The quantitative estimate of drug-likeness (QED) is 0.562. The van der Waals surface area contributed by atoms with Crippen LogP contribution < -0.4 is 0 Å². The lowest BCUT2D eigenvalue weighted by molar-refractivity contribution is 0.315. The number of aromatic amines is 1. The van der Waals surface area contributed by atoms with Crippen LogP contribution in [0.2, 0.25) is 0 Å². The maximum atomic E-state index is 10.8. The van der Waals surface area contributed by atoms with Gasteiger partial charge in [0.25, 0.3) is 16.4 Å². The maximum absolute atomic E-state index is 10.8. The van der Waals surface area contributed by atoms with Crippen molar-refractivity contribution in [3.05, 3.63) is 22.5 Å². The number of rotatable bonds is 7. The third-order valence-electron chi connectivity index (χ3n) is 2.40. The second kappa shape index (κ2) is 5.92. The Labute approximate surface area is 105 Å². The number of carbonyl (C=O) groups excluding carboxylic acids is 2. The first-order valence-corrected chi connectivity index (χ1v) is 7.03. The normalized spacial score (nSPS) is 11.4. The number of H-pyrrole nitrogens is 1. The summed E-state index contributed by atoms with van der Waals surface area (Å²) in [6.07, 6.45) is 5.21. The number of hydrogen-bond donors (Lipinski definition) is 1. The van der Waals surface area contributed by atoms with Gasteiger partial charge in [0, 0.05) is 5.69 Å². The van der Waals surface area contributed by atoms with Gasteiger partial charge in [-0.25, -0.2) is 0 Å². The summed E-state index contributed by atoms with van der Waals surface area (Å²) >= 11 is 0. The minimum atomic E-state index is -3.45. The second-order valence-electron chi connectivity index (χ2n) is 3.81. The lowest BCUT2D eigenvalue weighted by Crippen LogP contribution is -2.05. The zero-order chi connectivity index (χ0) is 13.8. The van der Waals surface area contributed by atoms with E-state index in [0.717, 1.165) is 6.26 Å². The van der Waals surface area contributed by atoms with Crippen molar-refractivity contribution in [3.8, 4) is 0 Å². The predicted molar refractivity (Wildman–Crippen MR) is 64.2 cm³/mol. The smallest absolute Gasteiger partial charge is 0.264 e. The second-order valence-corrected chi connectivity index (χ2v) is 5.46. The standard InChI is InChI=1S/C11H13NO5S/c1-8-9(6-13)10(12-11(8)7-14)4-3-5-17-18(2,15)16/h12H,3-5H2,1-2H3. The molecule has 18 heavy (non-hydrogen) atoms. The van der Waals surface area contributed by atoms with Crippen molar-refractivity contribution in [3.63, 3.8) is 0 Å². The van der Waals surface area contributed by atoms with Crippen molar-refractivity contribution in [2.75, 3.05) is 12.9 Å². The fourth-order valence-electron chi connectivity index (χ4n) is 1.55. The highest BCUT2D eigenvalue weighted by molar-refractivity contribution is 7.85. The van der Waals surface area contributed by atoms with Gasteiger partial charge in [-0.2, -0.15) is 8.42 Å². The number of aromatic nitrogens is 1. The van der Waals surface area contributed by atoms with Crippen molar-refractivity contribution in [1.29, 1.82) is 0 Å². The largest absolute Gasteiger partial charge is 0.355 e. The van der Waals surface area contributed by atoms with E-state index in [0.29, 0.717) is 29.7 Å². The molecular formula is C11H13NO5S. The average Bonchev–Trinajstić information content (AvgIpc) is 2.59. The summed E-state index contributed by atoms with van der Waals surface area (Å²) in [6, 6.07) is 0. The van der Waals surface area contributed by atoms with Gasteiger partial charge in [-0.05, 0) is 25.3 Å². The van der Waals surface area contributed by atoms with Gasteiger partial charge in [0.15, 0.2) is 0 Å². The molecule has 0 aliphatic carbocycles. The van der Waals surface area contributed by atoms with Crippen LogP contribution in [0.5, 0.6) is 0 Å². The summed E-state index contributed by atoms with van der Waals surface area (Å²) in [5.74, 6) is 0. The molecule has 1 N–H and O–H groups in total. The minimum Gasteiger partial charge on any atom is -0.355 e. The summed E-state index contributed by atoms with van der Waals surface area (Å²) in [6.45, 7) is 1.64. The Morgan fingerprint density at radius 2 is 1.94 bits per heavy atom. The fourth-order valence-corrected chi connectivity index (χ4v) is 1.97. The molecule has 0 aliphatic heterocycles. The number of aryl methyl sites for hydroxylation is 1. The molecule has 1 rings (SSSR count). The monoisotopic (exact) mass is 271 g/mol. The van der Waals surface area contributed by atoms with Gasteiger partial charge in [0.05, 0.1) is 24.1 Å². The third kappa shape index (κ3) is 3.78. The Bertz CT molecular complexity index is 544. The van der Waals surface area contributed by atoms with Gasteiger partial charge in [-0.3, -0.25) is 13.8 Å². The van der Waals surface area contributed by atoms with Crippen LogP contribution in [0.15, 0.2) is 0 Å². The molecule has 0 amide bonds. The highest BCUT2D eigenvalue weighted by Crippen LogP contribution is 2.16. The van der Waals surface area contributed by atoms with Crippen molar-refractivity contribution in [2.24, 2.45) is 0 Å². The topological polar surface area (TPSA) is 93.3 Å². The van der Waals surface area contributed by atoms with Crippen LogP contribution in [0.25, 0.3) is 0 Å². The molecule has 0 aromatic carbocycles. The first kappa shape index (κ1) is 14.6. The van der Waals surface area contributed by atoms with Crippen LogP contribution in [-0.4, -0.2) is 38.8 Å². The van der Waals surface area contributed by atoms with Gasteiger partial charge in [0.2, 0.25) is 6.29 Å². The molecule has 98 valence electrons. The van der Waals surface area contributed by atoms with Crippen LogP contribution in [-0.2, 0) is 30.3 Å². The molecule has 2 radical (unpaired) electrons. The number of hydrogen-bond acceptors (Lipinski definition) is 5. The Hall–Kier alpha value is -1.47. The van der Waals surface area contributed by atoms with Gasteiger partial charge >= 0.3 is 0 Å². The fraction of sp³-hybridized carbons (Fsp3) is 0.455. The van der Waals surface area contributed by atoms with E-state index in [2.05, 4.69) is 9.17 Å². The van der Waals surface area contributed by atoms with Crippen LogP contribution in [0.4, 0.5) is 0 Å². The predicted octanol–water partition coefficient (Wildman–Crippen LogP) is 0.148. The van der Waals surface area contributed by atoms with E-state index in [9.17, 15) is 18.0 Å². The highest BCUT2D eigenvalue weighted by Gasteiger charge is 2.14. The van der Waals surface area contributed by atoms with Crippen LogP contribution in [0.1, 0.15) is 28.9 Å².